The minimum absolute atomic E-state index is 0.0372. The van der Waals surface area contributed by atoms with Gasteiger partial charge < -0.3 is 11.1 Å². The van der Waals surface area contributed by atoms with Gasteiger partial charge in [-0.1, -0.05) is 0 Å². The zero-order valence-electron chi connectivity index (χ0n) is 12.3. The third-order valence-electron chi connectivity index (χ3n) is 3.55. The van der Waals surface area contributed by atoms with Crippen LogP contribution in [0.15, 0.2) is 0 Å². The van der Waals surface area contributed by atoms with E-state index in [-0.39, 0.29) is 17.5 Å². The summed E-state index contributed by atoms with van der Waals surface area (Å²) in [6.07, 6.45) is 3.50. The lowest BCUT2D eigenvalue weighted by atomic mass is 9.93. The number of nitrogens with zero attached hydrogens (tertiary/aromatic N) is 1. The summed E-state index contributed by atoms with van der Waals surface area (Å²) in [6.45, 7) is 10.9. The molecular weight excluding hydrogens is 226 g/mol. The minimum Gasteiger partial charge on any atom is -0.350 e. The van der Waals surface area contributed by atoms with Gasteiger partial charge in [-0.2, -0.15) is 0 Å². The number of likely N-dealkylation sites (tertiary alicyclic amines) is 1. The Morgan fingerprint density at radius 2 is 2.17 bits per heavy atom. The molecule has 0 radical (unpaired) electrons. The molecule has 2 atom stereocenters. The van der Waals surface area contributed by atoms with Crippen LogP contribution < -0.4 is 11.1 Å². The number of nitrogens with one attached hydrogen (secondary N) is 1. The van der Waals surface area contributed by atoms with E-state index < -0.39 is 0 Å². The van der Waals surface area contributed by atoms with E-state index in [1.165, 1.54) is 12.8 Å². The normalized spacial score (nSPS) is 23.7. The lowest BCUT2D eigenvalue weighted by Gasteiger charge is -2.37. The maximum absolute atomic E-state index is 12.1. The summed E-state index contributed by atoms with van der Waals surface area (Å²) in [7, 11) is 0. The average molecular weight is 255 g/mol. The highest BCUT2D eigenvalue weighted by molar-refractivity contribution is 5.81. The van der Waals surface area contributed by atoms with E-state index in [0.717, 1.165) is 26.1 Å². The topological polar surface area (TPSA) is 58.4 Å². The molecular formula is C14H29N3O. The quantitative estimate of drug-likeness (QED) is 0.797. The third kappa shape index (κ3) is 4.94. The molecule has 4 heteroatoms. The first kappa shape index (κ1) is 15.4. The SMILES string of the molecule is CC(C(=O)NC(C)(C)C)N1CCCC(CCN)C1. The van der Waals surface area contributed by atoms with Crippen LogP contribution in [0.25, 0.3) is 0 Å². The number of hydrogen-bond acceptors (Lipinski definition) is 3. The van der Waals surface area contributed by atoms with Crippen LogP contribution in [0.2, 0.25) is 0 Å². The van der Waals surface area contributed by atoms with Crippen molar-refractivity contribution in [2.45, 2.75) is 58.5 Å². The standard InChI is InChI=1S/C14H29N3O/c1-11(13(18)16-14(2,3)4)17-9-5-6-12(10-17)7-8-15/h11-12H,5-10,15H2,1-4H3,(H,16,18). The molecule has 1 saturated heterocycles. The maximum Gasteiger partial charge on any atom is 0.237 e. The highest BCUT2D eigenvalue weighted by atomic mass is 16.2. The van der Waals surface area contributed by atoms with Gasteiger partial charge in [0.05, 0.1) is 6.04 Å². The molecule has 0 aromatic rings. The van der Waals surface area contributed by atoms with Gasteiger partial charge in [0, 0.05) is 12.1 Å². The van der Waals surface area contributed by atoms with Gasteiger partial charge in [0.25, 0.3) is 0 Å². The van der Waals surface area contributed by atoms with E-state index in [9.17, 15) is 4.79 Å². The van der Waals surface area contributed by atoms with Crippen LogP contribution in [0, 0.1) is 5.92 Å². The molecule has 1 aliphatic heterocycles. The highest BCUT2D eigenvalue weighted by Gasteiger charge is 2.28. The van der Waals surface area contributed by atoms with E-state index in [0.29, 0.717) is 5.92 Å². The molecule has 0 aromatic carbocycles. The highest BCUT2D eigenvalue weighted by Crippen LogP contribution is 2.21. The van der Waals surface area contributed by atoms with Gasteiger partial charge in [-0.25, -0.2) is 0 Å². The van der Waals surface area contributed by atoms with E-state index >= 15 is 0 Å². The Balaban J connectivity index is 2.50. The zero-order valence-corrected chi connectivity index (χ0v) is 12.3. The van der Waals surface area contributed by atoms with E-state index in [2.05, 4.69) is 10.2 Å². The first-order valence-electron chi connectivity index (χ1n) is 7.09. The maximum atomic E-state index is 12.1. The molecule has 0 aliphatic carbocycles. The van der Waals surface area contributed by atoms with Gasteiger partial charge >= 0.3 is 0 Å². The predicted molar refractivity (Wildman–Crippen MR) is 75.3 cm³/mol. The zero-order chi connectivity index (χ0) is 13.8. The summed E-state index contributed by atoms with van der Waals surface area (Å²) in [5.74, 6) is 0.796. The smallest absolute Gasteiger partial charge is 0.237 e. The third-order valence-corrected chi connectivity index (χ3v) is 3.55. The van der Waals surface area contributed by atoms with Crippen LogP contribution in [0.1, 0.15) is 47.0 Å². The van der Waals surface area contributed by atoms with Crippen molar-refractivity contribution < 1.29 is 4.79 Å². The lowest BCUT2D eigenvalue weighted by molar-refractivity contribution is -0.128. The molecule has 1 rings (SSSR count). The van der Waals surface area contributed by atoms with Crippen molar-refractivity contribution in [3.8, 4) is 0 Å². The monoisotopic (exact) mass is 255 g/mol. The van der Waals surface area contributed by atoms with Crippen LogP contribution in [0.3, 0.4) is 0 Å². The van der Waals surface area contributed by atoms with Crippen molar-refractivity contribution in [1.29, 1.82) is 0 Å². The fraction of sp³-hybridized carbons (Fsp3) is 0.929. The summed E-state index contributed by atoms with van der Waals surface area (Å²) in [6, 6.07) is -0.0372. The lowest BCUT2D eigenvalue weighted by Crippen LogP contribution is -2.53. The molecule has 0 bridgehead atoms. The molecule has 2 unspecified atom stereocenters. The van der Waals surface area contributed by atoms with Crippen LogP contribution in [-0.2, 0) is 4.79 Å². The fourth-order valence-electron chi connectivity index (χ4n) is 2.56. The summed E-state index contributed by atoms with van der Waals surface area (Å²) in [5.41, 5.74) is 5.47. The number of nitrogens with two attached hydrogens (primary N) is 1. The Labute approximate surface area is 111 Å². The van der Waals surface area contributed by atoms with Gasteiger partial charge in [0.15, 0.2) is 0 Å². The average Bonchev–Trinajstić information content (AvgIpc) is 2.26. The van der Waals surface area contributed by atoms with Crippen molar-refractivity contribution in [3.63, 3.8) is 0 Å². The summed E-state index contributed by atoms with van der Waals surface area (Å²) in [4.78, 5) is 14.4. The largest absolute Gasteiger partial charge is 0.350 e. The molecule has 18 heavy (non-hydrogen) atoms. The van der Waals surface area contributed by atoms with Crippen LogP contribution in [-0.4, -0.2) is 42.0 Å². The molecule has 3 N–H and O–H groups in total. The number of hydrogen-bond donors (Lipinski definition) is 2. The van der Waals surface area contributed by atoms with Crippen LogP contribution in [0.4, 0.5) is 0 Å². The van der Waals surface area contributed by atoms with Crippen molar-refractivity contribution >= 4 is 5.91 Å². The molecule has 1 amide bonds. The summed E-state index contributed by atoms with van der Waals surface area (Å²) >= 11 is 0. The number of piperidine rings is 1. The first-order chi connectivity index (χ1) is 8.33. The first-order valence-corrected chi connectivity index (χ1v) is 7.09. The minimum atomic E-state index is -0.155. The number of amides is 1. The Morgan fingerprint density at radius 3 is 2.72 bits per heavy atom. The Hall–Kier alpha value is -0.610. The van der Waals surface area contributed by atoms with Crippen molar-refractivity contribution in [3.05, 3.63) is 0 Å². The number of rotatable bonds is 4. The number of carbonyl (C=O) groups excluding carboxylic acids is 1. The van der Waals surface area contributed by atoms with Crippen LogP contribution >= 0.6 is 0 Å². The second-order valence-corrected chi connectivity index (χ2v) is 6.50. The Bertz CT molecular complexity index is 271. The summed E-state index contributed by atoms with van der Waals surface area (Å²) < 4.78 is 0. The molecule has 0 spiro atoms. The van der Waals surface area contributed by atoms with Gasteiger partial charge in [-0.05, 0) is 66.0 Å². The van der Waals surface area contributed by atoms with E-state index in [4.69, 9.17) is 5.73 Å². The molecule has 0 saturated carbocycles. The predicted octanol–water partition coefficient (Wildman–Crippen LogP) is 1.35. The second-order valence-electron chi connectivity index (χ2n) is 6.50. The summed E-state index contributed by atoms with van der Waals surface area (Å²) in [5, 5.41) is 3.06. The van der Waals surface area contributed by atoms with Gasteiger partial charge in [-0.15, -0.1) is 0 Å². The van der Waals surface area contributed by atoms with Gasteiger partial charge in [0.1, 0.15) is 0 Å². The second kappa shape index (κ2) is 6.53. The molecule has 0 aromatic heterocycles. The van der Waals surface area contributed by atoms with Crippen LogP contribution in [0.5, 0.6) is 0 Å². The Morgan fingerprint density at radius 1 is 1.50 bits per heavy atom. The van der Waals surface area contributed by atoms with Gasteiger partial charge in [0.2, 0.25) is 5.91 Å². The Kier molecular flexibility index (Phi) is 5.60. The molecule has 4 nitrogen and oxygen atoms in total. The van der Waals surface area contributed by atoms with Gasteiger partial charge in [-0.3, -0.25) is 9.69 Å². The van der Waals surface area contributed by atoms with E-state index in [1.54, 1.807) is 0 Å². The molecule has 1 heterocycles. The fourth-order valence-corrected chi connectivity index (χ4v) is 2.56. The van der Waals surface area contributed by atoms with Crippen molar-refractivity contribution in [2.75, 3.05) is 19.6 Å². The molecule has 1 fully saturated rings. The van der Waals surface area contributed by atoms with Crippen molar-refractivity contribution in [1.82, 2.24) is 10.2 Å². The number of carbonyl (C=O) groups is 1. The van der Waals surface area contributed by atoms with Crippen molar-refractivity contribution in [2.24, 2.45) is 11.7 Å². The molecule has 106 valence electrons. The molecule has 1 aliphatic rings. The van der Waals surface area contributed by atoms with E-state index in [1.807, 2.05) is 27.7 Å².